The predicted molar refractivity (Wildman–Crippen MR) is 52.9 cm³/mol. The van der Waals surface area contributed by atoms with Gasteiger partial charge in [0.25, 0.3) is 0 Å². The fraction of sp³-hybridized carbons (Fsp3) is 0.600. The SMILES string of the molecule is O=C([O-])CN(CCN(CC(=O)[O-])CC(=O)[O-])CC(=O)[O-].[Eu+3]. The van der Waals surface area contributed by atoms with Crippen LogP contribution in [0.3, 0.4) is 0 Å². The third-order valence-electron chi connectivity index (χ3n) is 2.14. The number of hydrogen-bond donors (Lipinski definition) is 0. The molecule has 0 saturated heterocycles. The molecule has 11 heteroatoms. The first kappa shape index (κ1) is 22.7. The molecule has 0 bridgehead atoms. The minimum atomic E-state index is -1.53. The van der Waals surface area contributed by atoms with Crippen LogP contribution in [0.1, 0.15) is 0 Å². The Hall–Kier alpha value is -0.616. The molecule has 0 spiro atoms. The minimum Gasteiger partial charge on any atom is -0.549 e. The number of carbonyl (C=O) groups is 4. The van der Waals surface area contributed by atoms with Crippen molar-refractivity contribution >= 4 is 23.9 Å². The van der Waals surface area contributed by atoms with Crippen LogP contribution in [0.2, 0.25) is 0 Å². The number of carbonyl (C=O) groups excluding carboxylic acids is 4. The van der Waals surface area contributed by atoms with Crippen LogP contribution >= 0.6 is 0 Å². The van der Waals surface area contributed by atoms with Crippen LogP contribution < -0.4 is 20.4 Å². The van der Waals surface area contributed by atoms with E-state index in [1.54, 1.807) is 0 Å². The molecule has 0 saturated carbocycles. The molecule has 0 radical (unpaired) electrons. The van der Waals surface area contributed by atoms with Crippen molar-refractivity contribution in [3.63, 3.8) is 0 Å². The molecule has 0 amide bonds. The Kier molecular flexibility index (Phi) is 12.9. The van der Waals surface area contributed by atoms with Gasteiger partial charge in [-0.15, -0.1) is 0 Å². The second kappa shape index (κ2) is 12.0. The fourth-order valence-electron chi connectivity index (χ4n) is 1.44. The zero-order valence-corrected chi connectivity index (χ0v) is 13.2. The summed E-state index contributed by atoms with van der Waals surface area (Å²) >= 11 is 0. The van der Waals surface area contributed by atoms with Crippen molar-refractivity contribution in [2.45, 2.75) is 0 Å². The summed E-state index contributed by atoms with van der Waals surface area (Å²) in [6, 6.07) is 0. The first-order valence-electron chi connectivity index (χ1n) is 5.44. The Morgan fingerprint density at radius 2 is 0.762 bits per heavy atom. The van der Waals surface area contributed by atoms with Gasteiger partial charge in [-0.1, -0.05) is 0 Å². The largest absolute Gasteiger partial charge is 3.00 e. The maximum absolute atomic E-state index is 10.4. The van der Waals surface area contributed by atoms with Gasteiger partial charge in [0.2, 0.25) is 0 Å². The van der Waals surface area contributed by atoms with E-state index in [0.717, 1.165) is 9.80 Å². The molecule has 21 heavy (non-hydrogen) atoms. The van der Waals surface area contributed by atoms with Gasteiger partial charge < -0.3 is 39.6 Å². The minimum absolute atomic E-state index is 0. The van der Waals surface area contributed by atoms with Crippen LogP contribution in [0.5, 0.6) is 0 Å². The quantitative estimate of drug-likeness (QED) is 0.301. The average molecular weight is 440 g/mol. The molecule has 0 aliphatic rings. The Morgan fingerprint density at radius 1 is 0.571 bits per heavy atom. The van der Waals surface area contributed by atoms with Crippen LogP contribution in [0.4, 0.5) is 0 Å². The smallest absolute Gasteiger partial charge is 0.549 e. The normalized spacial score (nSPS) is 10.2. The molecule has 0 aromatic heterocycles. The van der Waals surface area contributed by atoms with Gasteiger partial charge in [0.15, 0.2) is 0 Å². The molecule has 0 N–H and O–H groups in total. The van der Waals surface area contributed by atoms with Crippen molar-refractivity contribution in [1.29, 1.82) is 0 Å². The van der Waals surface area contributed by atoms with Gasteiger partial charge in [0.1, 0.15) is 0 Å². The van der Waals surface area contributed by atoms with E-state index in [1.807, 2.05) is 0 Å². The van der Waals surface area contributed by atoms with Gasteiger partial charge in [-0.05, 0) is 0 Å². The molecule has 0 aliphatic carbocycles. The van der Waals surface area contributed by atoms with E-state index in [4.69, 9.17) is 0 Å². The number of rotatable bonds is 11. The molecule has 0 heterocycles. The molecule has 0 aromatic carbocycles. The molecule has 0 unspecified atom stereocenters. The van der Waals surface area contributed by atoms with E-state index in [1.165, 1.54) is 0 Å². The van der Waals surface area contributed by atoms with Crippen molar-refractivity contribution in [3.05, 3.63) is 0 Å². The van der Waals surface area contributed by atoms with Crippen LogP contribution in [-0.4, -0.2) is 72.9 Å². The van der Waals surface area contributed by atoms with Crippen molar-refractivity contribution < 1.29 is 89.0 Å². The van der Waals surface area contributed by atoms with E-state index in [9.17, 15) is 39.6 Å². The molecular weight excluding hydrogens is 428 g/mol. The number of hydrogen-bond acceptors (Lipinski definition) is 10. The van der Waals surface area contributed by atoms with Crippen molar-refractivity contribution in [1.82, 2.24) is 9.80 Å². The summed E-state index contributed by atoms with van der Waals surface area (Å²) in [6.07, 6.45) is 0. The summed E-state index contributed by atoms with van der Waals surface area (Å²) in [7, 11) is 0. The fourth-order valence-corrected chi connectivity index (χ4v) is 1.44. The van der Waals surface area contributed by atoms with Gasteiger partial charge in [-0.3, -0.25) is 9.80 Å². The number of nitrogens with zero attached hydrogens (tertiary/aromatic N) is 2. The number of carboxylic acids is 4. The standard InChI is InChI=1S/C10H16N2O8.Eu/c13-7(14)3-11(4-8(15)16)1-2-12(5-9(17)18)6-10(19)20;/h1-6H2,(H,13,14)(H,15,16)(H,17,18)(H,19,20);/q;+3/p-4. The van der Waals surface area contributed by atoms with E-state index in [0.29, 0.717) is 0 Å². The predicted octanol–water partition coefficient (Wildman–Crippen LogP) is -7.41. The molecule has 0 rings (SSSR count). The summed E-state index contributed by atoms with van der Waals surface area (Å²) in [6.45, 7) is -3.25. The second-order valence-corrected chi connectivity index (χ2v) is 3.91. The zero-order valence-electron chi connectivity index (χ0n) is 10.8. The van der Waals surface area contributed by atoms with Gasteiger partial charge in [-0.25, -0.2) is 0 Å². The molecule has 118 valence electrons. The first-order valence-corrected chi connectivity index (χ1v) is 5.44. The summed E-state index contributed by atoms with van der Waals surface area (Å²) in [4.78, 5) is 43.4. The van der Waals surface area contributed by atoms with Crippen molar-refractivity contribution in [2.24, 2.45) is 0 Å². The Bertz CT molecular complexity index is 321. The van der Waals surface area contributed by atoms with Gasteiger partial charge in [-0.2, -0.15) is 0 Å². The summed E-state index contributed by atoms with van der Waals surface area (Å²) in [5, 5.41) is 41.6. The van der Waals surface area contributed by atoms with E-state index >= 15 is 0 Å². The zero-order chi connectivity index (χ0) is 15.7. The first-order chi connectivity index (χ1) is 9.20. The van der Waals surface area contributed by atoms with Crippen molar-refractivity contribution in [2.75, 3.05) is 39.3 Å². The van der Waals surface area contributed by atoms with E-state index in [2.05, 4.69) is 0 Å². The van der Waals surface area contributed by atoms with Crippen LogP contribution in [0, 0.1) is 49.4 Å². The average Bonchev–Trinajstić information content (AvgIpc) is 2.22. The molecule has 0 fully saturated rings. The van der Waals surface area contributed by atoms with E-state index in [-0.39, 0.29) is 62.5 Å². The molecule has 0 aromatic rings. The van der Waals surface area contributed by atoms with Gasteiger partial charge >= 0.3 is 49.4 Å². The number of carboxylic acid groups (broad SMARTS) is 4. The third kappa shape index (κ3) is 14.1. The van der Waals surface area contributed by atoms with Crippen molar-refractivity contribution in [3.8, 4) is 0 Å². The van der Waals surface area contributed by atoms with Crippen LogP contribution in [0.25, 0.3) is 0 Å². The maximum atomic E-state index is 10.4. The number of aliphatic carboxylic acids is 4. The topological polar surface area (TPSA) is 167 Å². The van der Waals surface area contributed by atoms with Crippen LogP contribution in [0.15, 0.2) is 0 Å². The maximum Gasteiger partial charge on any atom is 3.00 e. The second-order valence-electron chi connectivity index (χ2n) is 3.91. The molecule has 10 nitrogen and oxygen atoms in total. The Morgan fingerprint density at radius 3 is 0.905 bits per heavy atom. The van der Waals surface area contributed by atoms with E-state index < -0.39 is 50.1 Å². The summed E-state index contributed by atoms with van der Waals surface area (Å²) in [5.41, 5.74) is 0. The van der Waals surface area contributed by atoms with Gasteiger partial charge in [0.05, 0.1) is 23.9 Å². The Labute approximate surface area is 160 Å². The third-order valence-corrected chi connectivity index (χ3v) is 2.14. The molecule has 0 atom stereocenters. The summed E-state index contributed by atoms with van der Waals surface area (Å²) < 4.78 is 0. The monoisotopic (exact) mass is 441 g/mol. The molecule has 0 aliphatic heterocycles. The Balaban J connectivity index is 0. The summed E-state index contributed by atoms with van der Waals surface area (Å²) in [5.74, 6) is -6.12. The molecular formula is C10H12EuN2O8-. The van der Waals surface area contributed by atoms with Gasteiger partial charge in [0, 0.05) is 39.3 Å². The van der Waals surface area contributed by atoms with Crippen LogP contribution in [-0.2, 0) is 19.2 Å².